The van der Waals surface area contributed by atoms with Gasteiger partial charge in [0.2, 0.25) is 5.88 Å². The van der Waals surface area contributed by atoms with Crippen LogP contribution in [0.2, 0.25) is 5.02 Å². The van der Waals surface area contributed by atoms with E-state index < -0.39 is 17.5 Å². The molecule has 5 aliphatic rings. The Labute approximate surface area is 253 Å². The lowest BCUT2D eigenvalue weighted by atomic mass is 9.95. The average molecular weight is 613 g/mol. The van der Waals surface area contributed by atoms with Gasteiger partial charge in [-0.3, -0.25) is 4.90 Å². The number of hydrogen-bond donors (Lipinski definition) is 2. The summed E-state index contributed by atoms with van der Waals surface area (Å²) in [5.74, 6) is 0.167. The predicted octanol–water partition coefficient (Wildman–Crippen LogP) is 4.97. The summed E-state index contributed by atoms with van der Waals surface area (Å²) in [6.45, 7) is 1.47. The molecule has 2 aromatic heterocycles. The molecule has 3 aromatic rings. The third-order valence-corrected chi connectivity index (χ3v) is 10.6. The molecule has 9 nitrogen and oxygen atoms in total. The van der Waals surface area contributed by atoms with Crippen molar-refractivity contribution in [1.29, 1.82) is 0 Å². The highest BCUT2D eigenvalue weighted by molar-refractivity contribution is 6.32. The Morgan fingerprint density at radius 1 is 1.23 bits per heavy atom. The van der Waals surface area contributed by atoms with Gasteiger partial charge in [-0.05, 0) is 62.9 Å². The minimum absolute atomic E-state index is 0.0253. The van der Waals surface area contributed by atoms with Gasteiger partial charge in [-0.1, -0.05) is 11.6 Å². The molecule has 2 saturated heterocycles. The van der Waals surface area contributed by atoms with Crippen molar-refractivity contribution >= 4 is 28.3 Å². The number of rotatable bonds is 6. The molecule has 1 aromatic carbocycles. The SMILES string of the molecule is CNC1CC2CC1N(C)c1nc(OC[C@@]34CCCN3C[C@H](F)C4)nc3c(F)c(-c4cc(O)cc(Cl)c4C4CC4)nc(c13)O2. The van der Waals surface area contributed by atoms with E-state index in [0.717, 1.165) is 50.6 Å². The standard InChI is InChI=1S/C31H35ClF2N6O3/c1-35-21-10-18-11-22(21)39(2)28-24-27(37-30(38-28)42-14-31-6-3-7-40(31)13-16(33)12-31)25(34)26(36-29(24)43-18)19-8-17(41)9-20(32)23(19)15-4-5-15/h8-9,15-16,18,21-22,35,41H,3-7,10-14H2,1-2H3/t16-,18?,21?,22?,31+/m1/s1. The normalized spacial score (nSPS) is 29.9. The summed E-state index contributed by atoms with van der Waals surface area (Å²) in [6.07, 6.45) is 4.54. The van der Waals surface area contributed by atoms with Crippen LogP contribution in [0.1, 0.15) is 56.4 Å². The molecule has 0 radical (unpaired) electrons. The molecule has 2 saturated carbocycles. The van der Waals surface area contributed by atoms with Crippen LogP contribution in [0, 0.1) is 5.82 Å². The summed E-state index contributed by atoms with van der Waals surface area (Å²) >= 11 is 6.60. The van der Waals surface area contributed by atoms with Gasteiger partial charge in [-0.15, -0.1) is 0 Å². The second kappa shape index (κ2) is 10.0. The van der Waals surface area contributed by atoms with E-state index in [0.29, 0.717) is 34.8 Å². The van der Waals surface area contributed by atoms with Crippen molar-refractivity contribution in [2.45, 2.75) is 80.8 Å². The number of phenols is 1. The maximum atomic E-state index is 16.8. The van der Waals surface area contributed by atoms with Crippen LogP contribution in [0.3, 0.4) is 0 Å². The Balaban J connectivity index is 1.30. The Bertz CT molecular complexity index is 1620. The first-order valence-corrected chi connectivity index (χ1v) is 15.6. The molecule has 0 amide bonds. The number of anilines is 1. The van der Waals surface area contributed by atoms with E-state index in [1.165, 1.54) is 12.1 Å². The van der Waals surface area contributed by atoms with Crippen molar-refractivity contribution < 1.29 is 23.4 Å². The van der Waals surface area contributed by atoms with E-state index in [1.807, 2.05) is 14.1 Å². The lowest BCUT2D eigenvalue weighted by molar-refractivity contribution is 0.107. The number of aromatic nitrogens is 3. The zero-order valence-corrected chi connectivity index (χ0v) is 25.0. The lowest BCUT2D eigenvalue weighted by Gasteiger charge is -2.33. The number of nitrogens with zero attached hydrogens (tertiary/aromatic N) is 5. The van der Waals surface area contributed by atoms with Crippen LogP contribution in [0.4, 0.5) is 14.6 Å². The molecule has 3 unspecified atom stereocenters. The Morgan fingerprint density at radius 3 is 2.86 bits per heavy atom. The van der Waals surface area contributed by atoms with Gasteiger partial charge in [-0.2, -0.15) is 9.97 Å². The van der Waals surface area contributed by atoms with E-state index in [2.05, 4.69) is 20.1 Å². The maximum absolute atomic E-state index is 16.8. The highest BCUT2D eigenvalue weighted by Crippen LogP contribution is 2.51. The highest BCUT2D eigenvalue weighted by Gasteiger charge is 2.49. The molecule has 2 N–H and O–H groups in total. The summed E-state index contributed by atoms with van der Waals surface area (Å²) in [6, 6.07) is 3.21. The maximum Gasteiger partial charge on any atom is 0.319 e. The van der Waals surface area contributed by atoms with Crippen molar-refractivity contribution in [3.63, 3.8) is 0 Å². The number of alkyl halides is 1. The number of hydrogen-bond acceptors (Lipinski definition) is 9. The Morgan fingerprint density at radius 2 is 2.07 bits per heavy atom. The van der Waals surface area contributed by atoms with Crippen molar-refractivity contribution in [2.75, 3.05) is 38.7 Å². The van der Waals surface area contributed by atoms with Gasteiger partial charge in [-0.25, -0.2) is 13.8 Å². The number of benzene rings is 1. The molecule has 12 heteroatoms. The molecule has 0 spiro atoms. The minimum Gasteiger partial charge on any atom is -0.508 e. The topological polar surface area (TPSA) is 95.9 Å². The van der Waals surface area contributed by atoms with Crippen molar-refractivity contribution in [2.24, 2.45) is 0 Å². The lowest BCUT2D eigenvalue weighted by Crippen LogP contribution is -2.45. The molecule has 2 bridgehead atoms. The fourth-order valence-corrected chi connectivity index (χ4v) is 8.41. The second-order valence-electron chi connectivity index (χ2n) is 12.9. The van der Waals surface area contributed by atoms with Gasteiger partial charge in [0.05, 0.1) is 5.54 Å². The molecule has 8 rings (SSSR count). The van der Waals surface area contributed by atoms with E-state index in [4.69, 9.17) is 31.0 Å². The van der Waals surface area contributed by atoms with Crippen LogP contribution in [-0.4, -0.2) is 88.6 Å². The third kappa shape index (κ3) is 4.41. The zero-order chi connectivity index (χ0) is 29.6. The number of halogens is 3. The molecule has 5 heterocycles. The Hall–Kier alpha value is -3.02. The fourth-order valence-electron chi connectivity index (χ4n) is 8.04. The van der Waals surface area contributed by atoms with Gasteiger partial charge >= 0.3 is 6.01 Å². The van der Waals surface area contributed by atoms with Crippen LogP contribution in [0.15, 0.2) is 12.1 Å². The zero-order valence-electron chi connectivity index (χ0n) is 24.2. The van der Waals surface area contributed by atoms with Gasteiger partial charge < -0.3 is 24.8 Å². The molecule has 5 atom stereocenters. The summed E-state index contributed by atoms with van der Waals surface area (Å²) in [7, 11) is 3.88. The van der Waals surface area contributed by atoms with E-state index in [9.17, 15) is 9.50 Å². The largest absolute Gasteiger partial charge is 0.508 e. The average Bonchev–Trinajstić information content (AvgIpc) is 3.47. The number of ether oxygens (including phenoxy) is 2. The summed E-state index contributed by atoms with van der Waals surface area (Å²) in [4.78, 5) is 18.4. The molecule has 2 aliphatic carbocycles. The molecule has 3 aliphatic heterocycles. The number of nitrogens with one attached hydrogen (secondary N) is 1. The molecule has 43 heavy (non-hydrogen) atoms. The first-order chi connectivity index (χ1) is 20.7. The monoisotopic (exact) mass is 612 g/mol. The number of phenolic OH excluding ortho intramolecular Hbond substituents is 1. The summed E-state index contributed by atoms with van der Waals surface area (Å²) in [5, 5.41) is 14.6. The quantitative estimate of drug-likeness (QED) is 0.400. The third-order valence-electron chi connectivity index (χ3n) is 10.3. The van der Waals surface area contributed by atoms with Crippen LogP contribution in [-0.2, 0) is 0 Å². The van der Waals surface area contributed by atoms with E-state index in [1.54, 1.807) is 0 Å². The van der Waals surface area contributed by atoms with E-state index in [-0.39, 0.29) is 59.6 Å². The molecular weight excluding hydrogens is 578 g/mol. The van der Waals surface area contributed by atoms with Crippen molar-refractivity contribution in [3.8, 4) is 28.9 Å². The van der Waals surface area contributed by atoms with Crippen molar-refractivity contribution in [1.82, 2.24) is 25.2 Å². The predicted molar refractivity (Wildman–Crippen MR) is 159 cm³/mol. The van der Waals surface area contributed by atoms with E-state index >= 15 is 4.39 Å². The van der Waals surface area contributed by atoms with Crippen LogP contribution in [0.5, 0.6) is 17.6 Å². The molecule has 228 valence electrons. The van der Waals surface area contributed by atoms with Gasteiger partial charge in [0.1, 0.15) is 47.0 Å². The second-order valence-corrected chi connectivity index (χ2v) is 13.4. The number of likely N-dealkylation sites (N-methyl/N-ethyl adjacent to an activating group) is 2. The van der Waals surface area contributed by atoms with Crippen LogP contribution >= 0.6 is 11.6 Å². The highest BCUT2D eigenvalue weighted by atomic mass is 35.5. The molecule has 4 fully saturated rings. The number of aromatic hydroxyl groups is 1. The van der Waals surface area contributed by atoms with Crippen molar-refractivity contribution in [3.05, 3.63) is 28.5 Å². The first kappa shape index (κ1) is 27.5. The molecular formula is C31H35ClF2N6O3. The number of pyridine rings is 1. The van der Waals surface area contributed by atoms with Crippen LogP contribution < -0.4 is 19.7 Å². The number of fused-ring (bicyclic) bond motifs is 3. The van der Waals surface area contributed by atoms with Crippen LogP contribution in [0.25, 0.3) is 22.2 Å². The summed E-state index contributed by atoms with van der Waals surface area (Å²) < 4.78 is 44.1. The van der Waals surface area contributed by atoms with Gasteiger partial charge in [0, 0.05) is 55.5 Å². The Kier molecular flexibility index (Phi) is 6.40. The fraction of sp³-hybridized carbons (Fsp3) is 0.581. The van der Waals surface area contributed by atoms with Gasteiger partial charge in [0.25, 0.3) is 0 Å². The smallest absolute Gasteiger partial charge is 0.319 e. The summed E-state index contributed by atoms with van der Waals surface area (Å²) in [5.41, 5.74) is 0.856. The minimum atomic E-state index is -0.893. The van der Waals surface area contributed by atoms with Gasteiger partial charge in [0.15, 0.2) is 5.82 Å². The first-order valence-electron chi connectivity index (χ1n) is 15.3.